The van der Waals surface area contributed by atoms with E-state index < -0.39 is 0 Å². The lowest BCUT2D eigenvalue weighted by Crippen LogP contribution is -2.42. The van der Waals surface area contributed by atoms with Crippen LogP contribution >= 0.6 is 24.0 Å². The van der Waals surface area contributed by atoms with Gasteiger partial charge in [0.2, 0.25) is 0 Å². The third kappa shape index (κ3) is 13.6. The summed E-state index contributed by atoms with van der Waals surface area (Å²) in [5.74, 6) is 0.536. The van der Waals surface area contributed by atoms with Crippen molar-refractivity contribution in [2.45, 2.75) is 53.0 Å². The molecule has 0 rings (SSSR count). The maximum absolute atomic E-state index is 11.1. The van der Waals surface area contributed by atoms with E-state index in [1.807, 2.05) is 6.92 Å². The molecule has 0 aliphatic carbocycles. The molecule has 6 nitrogen and oxygen atoms in total. The smallest absolute Gasteiger partial charge is 0.307 e. The first-order valence-electron chi connectivity index (χ1n) is 8.41. The topological polar surface area (TPSA) is 66.0 Å². The zero-order chi connectivity index (χ0) is 16.8. The number of halogens is 1. The van der Waals surface area contributed by atoms with Crippen molar-refractivity contribution in [3.63, 3.8) is 0 Å². The number of ether oxygens (including phenoxy) is 1. The van der Waals surface area contributed by atoms with Crippen LogP contribution in [0.15, 0.2) is 4.99 Å². The number of nitrogens with zero attached hydrogens (tertiary/aromatic N) is 2. The number of nitrogens with one attached hydrogen (secondary N) is 2. The van der Waals surface area contributed by atoms with Gasteiger partial charge in [-0.3, -0.25) is 9.79 Å². The summed E-state index contributed by atoms with van der Waals surface area (Å²) in [5.41, 5.74) is 0. The lowest BCUT2D eigenvalue weighted by Gasteiger charge is -2.21. The van der Waals surface area contributed by atoms with E-state index in [9.17, 15) is 4.79 Å². The van der Waals surface area contributed by atoms with Gasteiger partial charge in [0.25, 0.3) is 0 Å². The predicted molar refractivity (Wildman–Crippen MR) is 108 cm³/mol. The molecule has 0 aromatic carbocycles. The predicted octanol–water partition coefficient (Wildman–Crippen LogP) is 2.23. The molecule has 0 bridgehead atoms. The van der Waals surface area contributed by atoms with Crippen molar-refractivity contribution in [3.8, 4) is 0 Å². The van der Waals surface area contributed by atoms with Crippen molar-refractivity contribution in [1.29, 1.82) is 0 Å². The molecule has 23 heavy (non-hydrogen) atoms. The lowest BCUT2D eigenvalue weighted by atomic mass is 10.2. The molecule has 0 aromatic rings. The molecule has 7 heteroatoms. The minimum atomic E-state index is -0.230. The normalized spacial score (nSPS) is 12.5. The second kappa shape index (κ2) is 16.3. The van der Waals surface area contributed by atoms with Crippen molar-refractivity contribution < 1.29 is 9.53 Å². The Labute approximate surface area is 158 Å². The van der Waals surface area contributed by atoms with Crippen LogP contribution in [0.1, 0.15) is 47.0 Å². The number of carbonyl (C=O) groups excluding carboxylic acids is 1. The molecule has 0 aliphatic heterocycles. The Morgan fingerprint density at radius 2 is 1.91 bits per heavy atom. The molecule has 0 radical (unpaired) electrons. The van der Waals surface area contributed by atoms with Crippen LogP contribution in [-0.2, 0) is 9.53 Å². The van der Waals surface area contributed by atoms with Gasteiger partial charge in [-0.1, -0.05) is 13.8 Å². The van der Waals surface area contributed by atoms with Crippen LogP contribution in [0.25, 0.3) is 0 Å². The summed E-state index contributed by atoms with van der Waals surface area (Å²) in [7, 11) is 1.40. The molecular weight excluding hydrogens is 407 g/mol. The zero-order valence-corrected chi connectivity index (χ0v) is 17.7. The first-order chi connectivity index (χ1) is 10.6. The van der Waals surface area contributed by atoms with Gasteiger partial charge in [-0.05, 0) is 46.3 Å². The van der Waals surface area contributed by atoms with E-state index in [0.29, 0.717) is 19.0 Å². The molecule has 2 N–H and O–H groups in total. The van der Waals surface area contributed by atoms with Gasteiger partial charge >= 0.3 is 5.97 Å². The van der Waals surface area contributed by atoms with Crippen LogP contribution in [0.4, 0.5) is 0 Å². The van der Waals surface area contributed by atoms with Gasteiger partial charge in [0.1, 0.15) is 0 Å². The molecule has 0 heterocycles. The largest absolute Gasteiger partial charge is 0.469 e. The summed E-state index contributed by atoms with van der Waals surface area (Å²) >= 11 is 0. The molecular formula is C16H35IN4O2. The monoisotopic (exact) mass is 442 g/mol. The van der Waals surface area contributed by atoms with E-state index in [1.165, 1.54) is 7.11 Å². The summed E-state index contributed by atoms with van der Waals surface area (Å²) in [4.78, 5) is 17.9. The van der Waals surface area contributed by atoms with E-state index in [1.54, 1.807) is 0 Å². The average molecular weight is 442 g/mol. The minimum Gasteiger partial charge on any atom is -0.469 e. The van der Waals surface area contributed by atoms with Gasteiger partial charge in [-0.25, -0.2) is 0 Å². The summed E-state index contributed by atoms with van der Waals surface area (Å²) in [6.45, 7) is 13.2. The fraction of sp³-hybridized carbons (Fsp3) is 0.875. The standard InChI is InChI=1S/C16H34N4O2.HI/c1-6-17-16(18-12-11-15(21)22-5)19-14(4)10-9-13-20(7-2)8-3;/h14H,6-13H2,1-5H3,(H2,17,18,19);1H. The van der Waals surface area contributed by atoms with Gasteiger partial charge in [0.15, 0.2) is 5.96 Å². The molecule has 0 spiro atoms. The molecule has 0 aliphatic rings. The van der Waals surface area contributed by atoms with Gasteiger partial charge in [0.05, 0.1) is 20.1 Å². The number of guanidine groups is 1. The van der Waals surface area contributed by atoms with Crippen LogP contribution in [0.5, 0.6) is 0 Å². The quantitative estimate of drug-likeness (QED) is 0.222. The first-order valence-corrected chi connectivity index (χ1v) is 8.41. The minimum absolute atomic E-state index is 0. The van der Waals surface area contributed by atoms with E-state index in [2.05, 4.69) is 46.0 Å². The van der Waals surface area contributed by atoms with Crippen molar-refractivity contribution >= 4 is 35.9 Å². The van der Waals surface area contributed by atoms with Crippen molar-refractivity contribution in [3.05, 3.63) is 0 Å². The Kier molecular flexibility index (Phi) is 17.5. The van der Waals surface area contributed by atoms with E-state index in [4.69, 9.17) is 0 Å². The number of rotatable bonds is 11. The maximum Gasteiger partial charge on any atom is 0.307 e. The molecule has 0 saturated carbocycles. The third-order valence-corrected chi connectivity index (χ3v) is 3.55. The molecule has 138 valence electrons. The summed E-state index contributed by atoms with van der Waals surface area (Å²) in [6.07, 6.45) is 2.57. The Bertz CT molecular complexity index is 323. The summed E-state index contributed by atoms with van der Waals surface area (Å²) in [6, 6.07) is 0.353. The highest BCUT2D eigenvalue weighted by atomic mass is 127. The highest BCUT2D eigenvalue weighted by molar-refractivity contribution is 14.0. The van der Waals surface area contributed by atoms with Crippen LogP contribution in [0, 0.1) is 0 Å². The highest BCUT2D eigenvalue weighted by Crippen LogP contribution is 1.99. The Morgan fingerprint density at radius 3 is 2.43 bits per heavy atom. The Balaban J connectivity index is 0. The number of carbonyl (C=O) groups is 1. The number of hydrogen-bond donors (Lipinski definition) is 2. The van der Waals surface area contributed by atoms with E-state index in [-0.39, 0.29) is 29.9 Å². The molecule has 1 unspecified atom stereocenters. The van der Waals surface area contributed by atoms with E-state index >= 15 is 0 Å². The lowest BCUT2D eigenvalue weighted by molar-refractivity contribution is -0.140. The third-order valence-electron chi connectivity index (χ3n) is 3.55. The number of esters is 1. The van der Waals surface area contributed by atoms with Crippen LogP contribution in [0.3, 0.4) is 0 Å². The Hall–Kier alpha value is -0.570. The van der Waals surface area contributed by atoms with Gasteiger partial charge in [-0.15, -0.1) is 24.0 Å². The molecule has 0 amide bonds. The SMILES string of the molecule is CCNC(=NCCC(=O)OC)NC(C)CCCN(CC)CC.I. The molecule has 1 atom stereocenters. The summed E-state index contributed by atoms with van der Waals surface area (Å²) < 4.78 is 4.62. The van der Waals surface area contributed by atoms with Crippen molar-refractivity contribution in [1.82, 2.24) is 15.5 Å². The summed E-state index contributed by atoms with van der Waals surface area (Å²) in [5, 5.41) is 6.59. The first kappa shape index (κ1) is 24.7. The average Bonchev–Trinajstić information content (AvgIpc) is 2.51. The van der Waals surface area contributed by atoms with Crippen molar-refractivity contribution in [2.75, 3.05) is 39.8 Å². The number of aliphatic imine (C=N–C) groups is 1. The molecule has 0 fully saturated rings. The van der Waals surface area contributed by atoms with Crippen LogP contribution in [0.2, 0.25) is 0 Å². The fourth-order valence-electron chi connectivity index (χ4n) is 2.15. The van der Waals surface area contributed by atoms with Gasteiger partial charge in [0, 0.05) is 12.6 Å². The van der Waals surface area contributed by atoms with Crippen LogP contribution < -0.4 is 10.6 Å². The van der Waals surface area contributed by atoms with Gasteiger partial charge in [-0.2, -0.15) is 0 Å². The second-order valence-corrected chi connectivity index (χ2v) is 5.30. The van der Waals surface area contributed by atoms with Crippen molar-refractivity contribution in [2.24, 2.45) is 4.99 Å². The maximum atomic E-state index is 11.1. The Morgan fingerprint density at radius 1 is 1.26 bits per heavy atom. The fourth-order valence-corrected chi connectivity index (χ4v) is 2.15. The molecule has 0 aromatic heterocycles. The zero-order valence-electron chi connectivity index (χ0n) is 15.4. The highest BCUT2D eigenvalue weighted by Gasteiger charge is 2.07. The second-order valence-electron chi connectivity index (χ2n) is 5.30. The number of methoxy groups -OCH3 is 1. The number of hydrogen-bond acceptors (Lipinski definition) is 4. The van der Waals surface area contributed by atoms with Gasteiger partial charge < -0.3 is 20.3 Å². The van der Waals surface area contributed by atoms with E-state index in [0.717, 1.165) is 45.0 Å². The molecule has 0 saturated heterocycles. The van der Waals surface area contributed by atoms with Crippen LogP contribution in [-0.4, -0.2) is 62.7 Å².